The molecule has 0 spiro atoms. The third kappa shape index (κ3) is 2.84. The van der Waals surface area contributed by atoms with E-state index in [-0.39, 0.29) is 6.10 Å². The van der Waals surface area contributed by atoms with Gasteiger partial charge >= 0.3 is 0 Å². The summed E-state index contributed by atoms with van der Waals surface area (Å²) in [6.07, 6.45) is 1.75. The topological polar surface area (TPSA) is 69.4 Å². The molecule has 1 aromatic rings. The molecule has 0 amide bonds. The van der Waals surface area contributed by atoms with Crippen LogP contribution in [0.25, 0.3) is 0 Å². The minimum atomic E-state index is 0.104. The largest absolute Gasteiger partial charge is 0.397 e. The molecular weight excluding hydrogens is 206 g/mol. The number of pyridine rings is 1. The summed E-state index contributed by atoms with van der Waals surface area (Å²) >= 11 is 0. The van der Waals surface area contributed by atoms with E-state index in [1.165, 1.54) is 0 Å². The normalized spacial score (nSPS) is 20.7. The van der Waals surface area contributed by atoms with Gasteiger partial charge in [0.2, 0.25) is 0 Å². The van der Waals surface area contributed by atoms with Crippen molar-refractivity contribution in [1.29, 1.82) is 0 Å². The lowest BCUT2D eigenvalue weighted by atomic mass is 10.2. The van der Waals surface area contributed by atoms with Gasteiger partial charge in [0, 0.05) is 6.54 Å². The first-order valence-electron chi connectivity index (χ1n) is 5.41. The monoisotopic (exact) mass is 223 g/mol. The Morgan fingerprint density at radius 2 is 2.44 bits per heavy atom. The number of rotatable bonds is 3. The summed E-state index contributed by atoms with van der Waals surface area (Å²) in [5.74, 6) is 0.850. The number of aryl methyl sites for hydroxylation is 1. The molecule has 5 heteroatoms. The number of nitrogen functional groups attached to an aromatic ring is 1. The highest BCUT2D eigenvalue weighted by Gasteiger charge is 2.14. The van der Waals surface area contributed by atoms with E-state index < -0.39 is 0 Å². The predicted octanol–water partition coefficient (Wildman–Crippen LogP) is 0.800. The number of hydrogen-bond acceptors (Lipinski definition) is 5. The van der Waals surface area contributed by atoms with Crippen molar-refractivity contribution in [3.63, 3.8) is 0 Å². The molecule has 5 nitrogen and oxygen atoms in total. The first kappa shape index (κ1) is 11.2. The molecule has 2 heterocycles. The Kier molecular flexibility index (Phi) is 3.58. The van der Waals surface area contributed by atoms with Gasteiger partial charge in [0.25, 0.3) is 0 Å². The molecular formula is C11H17N3O2. The zero-order valence-corrected chi connectivity index (χ0v) is 9.40. The van der Waals surface area contributed by atoms with Crippen LogP contribution in [0.3, 0.4) is 0 Å². The summed E-state index contributed by atoms with van der Waals surface area (Å²) in [5, 5.41) is 3.24. The Balaban J connectivity index is 1.88. The van der Waals surface area contributed by atoms with Crippen molar-refractivity contribution >= 4 is 11.5 Å². The summed E-state index contributed by atoms with van der Waals surface area (Å²) in [7, 11) is 0. The number of anilines is 2. The fourth-order valence-electron chi connectivity index (χ4n) is 1.65. The summed E-state index contributed by atoms with van der Waals surface area (Å²) in [5.41, 5.74) is 7.35. The summed E-state index contributed by atoms with van der Waals surface area (Å²) < 4.78 is 10.8. The van der Waals surface area contributed by atoms with Gasteiger partial charge < -0.3 is 20.5 Å². The minimum Gasteiger partial charge on any atom is -0.397 e. The third-order valence-electron chi connectivity index (χ3n) is 2.48. The molecule has 0 aliphatic carbocycles. The van der Waals surface area contributed by atoms with E-state index >= 15 is 0 Å². The van der Waals surface area contributed by atoms with Gasteiger partial charge in [-0.05, 0) is 18.6 Å². The summed E-state index contributed by atoms with van der Waals surface area (Å²) in [6, 6.07) is 1.90. The molecule has 0 radical (unpaired) electrons. The second kappa shape index (κ2) is 5.14. The van der Waals surface area contributed by atoms with Crippen molar-refractivity contribution in [2.24, 2.45) is 0 Å². The van der Waals surface area contributed by atoms with Crippen LogP contribution in [0, 0.1) is 6.92 Å². The van der Waals surface area contributed by atoms with Crippen LogP contribution in [-0.2, 0) is 9.47 Å². The second-order valence-electron chi connectivity index (χ2n) is 3.88. The predicted molar refractivity (Wildman–Crippen MR) is 62.4 cm³/mol. The van der Waals surface area contributed by atoms with Crippen molar-refractivity contribution in [3.8, 4) is 0 Å². The zero-order valence-electron chi connectivity index (χ0n) is 9.40. The lowest BCUT2D eigenvalue weighted by Gasteiger charge is -2.23. The van der Waals surface area contributed by atoms with Gasteiger partial charge in [0.1, 0.15) is 5.82 Å². The Morgan fingerprint density at radius 1 is 1.56 bits per heavy atom. The molecule has 0 bridgehead atoms. The highest BCUT2D eigenvalue weighted by molar-refractivity contribution is 5.50. The first-order chi connectivity index (χ1) is 7.75. The number of aromatic nitrogens is 1. The molecule has 1 unspecified atom stereocenters. The van der Waals surface area contributed by atoms with Crippen molar-refractivity contribution in [2.75, 3.05) is 37.4 Å². The fraction of sp³-hybridized carbons (Fsp3) is 0.545. The number of ether oxygens (including phenoxy) is 2. The van der Waals surface area contributed by atoms with Crippen LogP contribution in [-0.4, -0.2) is 37.5 Å². The molecule has 1 saturated heterocycles. The van der Waals surface area contributed by atoms with Crippen molar-refractivity contribution in [2.45, 2.75) is 13.0 Å². The summed E-state index contributed by atoms with van der Waals surface area (Å²) in [4.78, 5) is 4.23. The van der Waals surface area contributed by atoms with Gasteiger partial charge in [-0.25, -0.2) is 4.98 Å². The van der Waals surface area contributed by atoms with Crippen LogP contribution >= 0.6 is 0 Å². The average molecular weight is 223 g/mol. The molecule has 1 aliphatic heterocycles. The quantitative estimate of drug-likeness (QED) is 0.793. The van der Waals surface area contributed by atoms with Gasteiger partial charge in [-0.15, -0.1) is 0 Å². The molecule has 1 aromatic heterocycles. The second-order valence-corrected chi connectivity index (χ2v) is 3.88. The van der Waals surface area contributed by atoms with E-state index in [1.54, 1.807) is 6.20 Å². The maximum Gasteiger partial charge on any atom is 0.129 e. The molecule has 1 atom stereocenters. The minimum absolute atomic E-state index is 0.104. The molecule has 1 aliphatic rings. The lowest BCUT2D eigenvalue weighted by molar-refractivity contribution is -0.0819. The summed E-state index contributed by atoms with van der Waals surface area (Å²) in [6.45, 7) is 4.68. The van der Waals surface area contributed by atoms with Crippen molar-refractivity contribution in [1.82, 2.24) is 4.98 Å². The van der Waals surface area contributed by atoms with Crippen LogP contribution in [0.4, 0.5) is 11.5 Å². The Morgan fingerprint density at radius 3 is 3.12 bits per heavy atom. The van der Waals surface area contributed by atoms with E-state index in [0.717, 1.165) is 11.4 Å². The SMILES string of the molecule is Cc1cc(N)cnc1NCC1COCCO1. The van der Waals surface area contributed by atoms with E-state index in [0.29, 0.717) is 32.1 Å². The van der Waals surface area contributed by atoms with Gasteiger partial charge in [-0.2, -0.15) is 0 Å². The molecule has 88 valence electrons. The first-order valence-corrected chi connectivity index (χ1v) is 5.41. The standard InChI is InChI=1S/C11H17N3O2/c1-8-4-9(12)5-13-11(8)14-6-10-7-15-2-3-16-10/h4-5,10H,2-3,6-7,12H2,1H3,(H,13,14). The maximum absolute atomic E-state index is 5.63. The average Bonchev–Trinajstić information content (AvgIpc) is 2.29. The number of nitrogens with zero attached hydrogens (tertiary/aromatic N) is 1. The molecule has 0 saturated carbocycles. The number of hydrogen-bond donors (Lipinski definition) is 2. The van der Waals surface area contributed by atoms with E-state index in [4.69, 9.17) is 15.2 Å². The zero-order chi connectivity index (χ0) is 11.4. The van der Waals surface area contributed by atoms with Crippen LogP contribution in [0.5, 0.6) is 0 Å². The highest BCUT2D eigenvalue weighted by atomic mass is 16.6. The third-order valence-corrected chi connectivity index (χ3v) is 2.48. The van der Waals surface area contributed by atoms with Gasteiger partial charge in [0.15, 0.2) is 0 Å². The molecule has 1 fully saturated rings. The van der Waals surface area contributed by atoms with E-state index in [2.05, 4.69) is 10.3 Å². The van der Waals surface area contributed by atoms with E-state index in [9.17, 15) is 0 Å². The van der Waals surface area contributed by atoms with Crippen LogP contribution in [0.1, 0.15) is 5.56 Å². The maximum atomic E-state index is 5.63. The fourth-order valence-corrected chi connectivity index (χ4v) is 1.65. The van der Waals surface area contributed by atoms with Crippen molar-refractivity contribution in [3.05, 3.63) is 17.8 Å². The van der Waals surface area contributed by atoms with E-state index in [1.807, 2.05) is 13.0 Å². The molecule has 3 N–H and O–H groups in total. The van der Waals surface area contributed by atoms with Gasteiger partial charge in [-0.3, -0.25) is 0 Å². The van der Waals surface area contributed by atoms with Crippen LogP contribution in [0.15, 0.2) is 12.3 Å². The Labute approximate surface area is 95.0 Å². The lowest BCUT2D eigenvalue weighted by Crippen LogP contribution is -2.34. The molecule has 16 heavy (non-hydrogen) atoms. The Hall–Kier alpha value is -1.33. The molecule has 0 aromatic carbocycles. The van der Waals surface area contributed by atoms with Gasteiger partial charge in [0.05, 0.1) is 37.8 Å². The van der Waals surface area contributed by atoms with Crippen molar-refractivity contribution < 1.29 is 9.47 Å². The number of nitrogens with two attached hydrogens (primary N) is 1. The number of nitrogens with one attached hydrogen (secondary N) is 1. The smallest absolute Gasteiger partial charge is 0.129 e. The Bertz CT molecular complexity index is 351. The van der Waals surface area contributed by atoms with Crippen LogP contribution in [0.2, 0.25) is 0 Å². The highest BCUT2D eigenvalue weighted by Crippen LogP contribution is 2.14. The molecule has 2 rings (SSSR count). The van der Waals surface area contributed by atoms with Gasteiger partial charge in [-0.1, -0.05) is 0 Å². The van der Waals surface area contributed by atoms with Crippen LogP contribution < -0.4 is 11.1 Å².